The summed E-state index contributed by atoms with van der Waals surface area (Å²) < 4.78 is 7.79. The van der Waals surface area contributed by atoms with Gasteiger partial charge in [0.05, 0.1) is 11.6 Å². The quantitative estimate of drug-likeness (QED) is 0.800. The fourth-order valence-electron chi connectivity index (χ4n) is 2.15. The number of rotatable bonds is 2. The molecule has 0 amide bonds. The summed E-state index contributed by atoms with van der Waals surface area (Å²) in [7, 11) is 1.97. The molecule has 0 spiro atoms. The highest BCUT2D eigenvalue weighted by Crippen LogP contribution is 2.33. The van der Waals surface area contributed by atoms with Gasteiger partial charge in [-0.2, -0.15) is 0 Å². The molecular weight excluding hydrogens is 190 g/mol. The number of nitrogens with zero attached hydrogens (tertiary/aromatic N) is 2. The smallest absolute Gasteiger partial charge is 0.128 e. The minimum atomic E-state index is -0.253. The molecule has 1 aromatic rings. The van der Waals surface area contributed by atoms with Crippen LogP contribution in [0.4, 0.5) is 0 Å². The van der Waals surface area contributed by atoms with Crippen molar-refractivity contribution >= 4 is 0 Å². The average molecular weight is 209 g/mol. The van der Waals surface area contributed by atoms with Gasteiger partial charge in [0.25, 0.3) is 0 Å². The third-order valence-corrected chi connectivity index (χ3v) is 3.29. The molecule has 84 valence electrons. The maximum atomic E-state index is 6.24. The minimum absolute atomic E-state index is 0.141. The largest absolute Gasteiger partial charge is 0.373 e. The Bertz CT molecular complexity index is 328. The summed E-state index contributed by atoms with van der Waals surface area (Å²) in [5.41, 5.74) is 5.99. The first-order valence-electron chi connectivity index (χ1n) is 5.50. The zero-order valence-corrected chi connectivity index (χ0v) is 9.44. The van der Waals surface area contributed by atoms with Crippen molar-refractivity contribution in [1.29, 1.82) is 0 Å². The first kappa shape index (κ1) is 10.6. The zero-order chi connectivity index (χ0) is 10.9. The molecule has 2 atom stereocenters. The van der Waals surface area contributed by atoms with Crippen molar-refractivity contribution in [3.05, 3.63) is 18.2 Å². The second-order valence-corrected chi connectivity index (χ2v) is 4.49. The summed E-state index contributed by atoms with van der Waals surface area (Å²) >= 11 is 0. The topological polar surface area (TPSA) is 53.1 Å². The molecule has 0 bridgehead atoms. The van der Waals surface area contributed by atoms with E-state index in [9.17, 15) is 0 Å². The predicted molar refractivity (Wildman–Crippen MR) is 58.3 cm³/mol. The fraction of sp³-hybridized carbons (Fsp3) is 0.727. The van der Waals surface area contributed by atoms with Crippen molar-refractivity contribution in [3.8, 4) is 0 Å². The summed E-state index contributed by atoms with van der Waals surface area (Å²) in [4.78, 5) is 4.29. The Labute approximate surface area is 90.4 Å². The molecule has 0 saturated carbocycles. The van der Waals surface area contributed by atoms with Gasteiger partial charge in [-0.05, 0) is 26.2 Å². The first-order valence-corrected chi connectivity index (χ1v) is 5.50. The molecule has 2 N–H and O–H groups in total. The van der Waals surface area contributed by atoms with Gasteiger partial charge in [-0.3, -0.25) is 0 Å². The van der Waals surface area contributed by atoms with Crippen LogP contribution >= 0.6 is 0 Å². The lowest BCUT2D eigenvalue weighted by atomic mass is 9.88. The summed E-state index contributed by atoms with van der Waals surface area (Å²) in [5, 5.41) is 0. The van der Waals surface area contributed by atoms with Crippen LogP contribution in [0, 0.1) is 0 Å². The van der Waals surface area contributed by atoms with Gasteiger partial charge in [-0.1, -0.05) is 0 Å². The van der Waals surface area contributed by atoms with E-state index < -0.39 is 0 Å². The molecule has 4 heteroatoms. The molecule has 1 aliphatic heterocycles. The highest BCUT2D eigenvalue weighted by atomic mass is 16.5. The van der Waals surface area contributed by atoms with Crippen molar-refractivity contribution in [2.45, 2.75) is 37.8 Å². The van der Waals surface area contributed by atoms with Crippen LogP contribution in [-0.2, 0) is 11.8 Å². The van der Waals surface area contributed by atoms with Crippen molar-refractivity contribution in [2.75, 3.05) is 6.61 Å². The second-order valence-electron chi connectivity index (χ2n) is 4.49. The van der Waals surface area contributed by atoms with Gasteiger partial charge in [0.2, 0.25) is 0 Å². The lowest BCUT2D eigenvalue weighted by molar-refractivity contribution is -0.0840. The van der Waals surface area contributed by atoms with Crippen LogP contribution in [0.15, 0.2) is 12.4 Å². The van der Waals surface area contributed by atoms with Crippen molar-refractivity contribution in [3.63, 3.8) is 0 Å². The third-order valence-electron chi connectivity index (χ3n) is 3.29. The number of aromatic nitrogens is 2. The Morgan fingerprint density at radius 3 is 2.93 bits per heavy atom. The second kappa shape index (κ2) is 3.94. The number of aryl methyl sites for hydroxylation is 1. The molecule has 15 heavy (non-hydrogen) atoms. The number of imidazole rings is 1. The van der Waals surface area contributed by atoms with Crippen molar-refractivity contribution in [1.82, 2.24) is 9.55 Å². The van der Waals surface area contributed by atoms with Crippen molar-refractivity contribution in [2.24, 2.45) is 12.8 Å². The van der Waals surface area contributed by atoms with Crippen LogP contribution in [0.25, 0.3) is 0 Å². The zero-order valence-electron chi connectivity index (χ0n) is 9.44. The highest BCUT2D eigenvalue weighted by molar-refractivity contribution is 5.05. The molecule has 1 fully saturated rings. The Kier molecular flexibility index (Phi) is 2.80. The molecule has 2 rings (SSSR count). The van der Waals surface area contributed by atoms with Gasteiger partial charge in [0, 0.05) is 26.0 Å². The molecule has 1 saturated heterocycles. The lowest BCUT2D eigenvalue weighted by Gasteiger charge is -2.38. The maximum Gasteiger partial charge on any atom is 0.128 e. The van der Waals surface area contributed by atoms with Gasteiger partial charge >= 0.3 is 0 Å². The Hall–Kier alpha value is -0.870. The molecule has 2 heterocycles. The average Bonchev–Trinajstić information content (AvgIpc) is 2.64. The number of hydrogen-bond donors (Lipinski definition) is 1. The van der Waals surface area contributed by atoms with Crippen LogP contribution in [0.5, 0.6) is 0 Å². The van der Waals surface area contributed by atoms with Crippen LogP contribution in [0.3, 0.4) is 0 Å². The van der Waals surface area contributed by atoms with E-state index in [4.69, 9.17) is 10.5 Å². The molecule has 2 unspecified atom stereocenters. The molecule has 1 aromatic heterocycles. The molecule has 0 aliphatic carbocycles. The van der Waals surface area contributed by atoms with Gasteiger partial charge < -0.3 is 15.0 Å². The van der Waals surface area contributed by atoms with E-state index in [0.717, 1.165) is 25.3 Å². The van der Waals surface area contributed by atoms with Crippen LogP contribution in [0.1, 0.15) is 38.1 Å². The van der Waals surface area contributed by atoms with Gasteiger partial charge in [-0.15, -0.1) is 0 Å². The van der Waals surface area contributed by atoms with Crippen LogP contribution in [-0.4, -0.2) is 21.8 Å². The Morgan fingerprint density at radius 1 is 1.60 bits per heavy atom. The first-order chi connectivity index (χ1) is 7.13. The van der Waals surface area contributed by atoms with E-state index in [1.54, 1.807) is 6.20 Å². The molecule has 4 nitrogen and oxygen atoms in total. The summed E-state index contributed by atoms with van der Waals surface area (Å²) in [6.45, 7) is 2.90. The maximum absolute atomic E-state index is 6.24. The Morgan fingerprint density at radius 2 is 2.40 bits per heavy atom. The van der Waals surface area contributed by atoms with E-state index in [1.807, 2.05) is 17.8 Å². The van der Waals surface area contributed by atoms with E-state index in [-0.39, 0.29) is 11.6 Å². The standard InChI is InChI=1S/C11H19N3O/c1-11(5-3-4-8-15-11)9(12)10-13-6-7-14(10)2/h6-7,9H,3-5,8,12H2,1-2H3. The minimum Gasteiger partial charge on any atom is -0.373 e. The fourth-order valence-corrected chi connectivity index (χ4v) is 2.15. The van der Waals surface area contributed by atoms with Gasteiger partial charge in [-0.25, -0.2) is 4.98 Å². The SMILES string of the molecule is Cn1ccnc1C(N)C1(C)CCCCO1. The van der Waals surface area contributed by atoms with E-state index >= 15 is 0 Å². The molecule has 0 aromatic carbocycles. The third kappa shape index (κ3) is 1.92. The Balaban J connectivity index is 2.19. The van der Waals surface area contributed by atoms with Crippen LogP contribution < -0.4 is 5.73 Å². The van der Waals surface area contributed by atoms with E-state index in [1.165, 1.54) is 6.42 Å². The van der Waals surface area contributed by atoms with Crippen molar-refractivity contribution < 1.29 is 4.74 Å². The molecule has 0 radical (unpaired) electrons. The predicted octanol–water partition coefficient (Wildman–Crippen LogP) is 1.38. The van der Waals surface area contributed by atoms with Gasteiger partial charge in [0.15, 0.2) is 0 Å². The summed E-state index contributed by atoms with van der Waals surface area (Å²) in [6, 6.07) is -0.141. The van der Waals surface area contributed by atoms with Crippen LogP contribution in [0.2, 0.25) is 0 Å². The summed E-state index contributed by atoms with van der Waals surface area (Å²) in [5.74, 6) is 0.902. The lowest BCUT2D eigenvalue weighted by Crippen LogP contribution is -2.44. The number of nitrogens with two attached hydrogens (primary N) is 1. The molecular formula is C11H19N3O. The van der Waals surface area contributed by atoms with Gasteiger partial charge in [0.1, 0.15) is 5.82 Å². The van der Waals surface area contributed by atoms with E-state index in [0.29, 0.717) is 0 Å². The molecule has 1 aliphatic rings. The number of hydrogen-bond acceptors (Lipinski definition) is 3. The summed E-state index contributed by atoms with van der Waals surface area (Å²) in [6.07, 6.45) is 7.04. The monoisotopic (exact) mass is 209 g/mol. The normalized spacial score (nSPS) is 29.0. The highest BCUT2D eigenvalue weighted by Gasteiger charge is 2.37. The number of ether oxygens (including phenoxy) is 1. The van der Waals surface area contributed by atoms with E-state index in [2.05, 4.69) is 11.9 Å².